The van der Waals surface area contributed by atoms with Crippen LogP contribution in [0.3, 0.4) is 0 Å². The van der Waals surface area contributed by atoms with Gasteiger partial charge in [-0.25, -0.2) is 0 Å². The van der Waals surface area contributed by atoms with Crippen molar-refractivity contribution in [1.29, 1.82) is 0 Å². The van der Waals surface area contributed by atoms with Crippen LogP contribution in [0.25, 0.3) is 11.1 Å². The number of ether oxygens (including phenoxy) is 3. The van der Waals surface area contributed by atoms with Crippen molar-refractivity contribution >= 4 is 17.5 Å². The second-order valence-electron chi connectivity index (χ2n) is 13.5. The van der Waals surface area contributed by atoms with Crippen LogP contribution in [0.15, 0.2) is 48.5 Å². The summed E-state index contributed by atoms with van der Waals surface area (Å²) >= 11 is 6.81. The number of benzene rings is 3. The molecule has 0 unspecified atom stereocenters. The lowest BCUT2D eigenvalue weighted by Crippen LogP contribution is -2.39. The molecule has 1 aliphatic heterocycles. The fourth-order valence-corrected chi connectivity index (χ4v) is 6.56. The molecule has 46 heavy (non-hydrogen) atoms. The number of rotatable bonds is 14. The number of hydrogen-bond acceptors (Lipinski definition) is 6. The summed E-state index contributed by atoms with van der Waals surface area (Å²) in [5.41, 5.74) is 7.24. The highest BCUT2D eigenvalue weighted by atomic mass is 35.5. The van der Waals surface area contributed by atoms with Gasteiger partial charge in [-0.1, -0.05) is 41.9 Å². The van der Waals surface area contributed by atoms with Gasteiger partial charge in [0.05, 0.1) is 18.2 Å². The highest BCUT2D eigenvalue weighted by Gasteiger charge is 2.28. The van der Waals surface area contributed by atoms with Crippen molar-refractivity contribution < 1.29 is 19.0 Å². The number of amides is 1. The Morgan fingerprint density at radius 3 is 2.52 bits per heavy atom. The van der Waals surface area contributed by atoms with Crippen molar-refractivity contribution in [3.05, 3.63) is 75.8 Å². The topological polar surface area (TPSA) is 72.1 Å². The number of nitrogens with one attached hydrogen (secondary N) is 2. The molecule has 2 N–H and O–H groups in total. The largest absolute Gasteiger partial charge is 0.493 e. The van der Waals surface area contributed by atoms with E-state index in [1.54, 1.807) is 0 Å². The molecule has 1 fully saturated rings. The third-order valence-electron chi connectivity index (χ3n) is 9.31. The maximum atomic E-state index is 11.5. The second-order valence-corrected chi connectivity index (χ2v) is 13.9. The molecule has 0 spiro atoms. The van der Waals surface area contributed by atoms with Crippen molar-refractivity contribution in [2.75, 3.05) is 33.4 Å². The lowest BCUT2D eigenvalue weighted by molar-refractivity contribution is -0.119. The van der Waals surface area contributed by atoms with Crippen LogP contribution in [0, 0.1) is 6.92 Å². The summed E-state index contributed by atoms with van der Waals surface area (Å²) in [6.07, 6.45) is 4.13. The number of hydrogen-bond donors (Lipinski definition) is 2. The Labute approximate surface area is 279 Å². The van der Waals surface area contributed by atoms with Gasteiger partial charge in [-0.3, -0.25) is 4.79 Å². The van der Waals surface area contributed by atoms with E-state index in [1.807, 2.05) is 19.1 Å². The molecule has 0 aromatic heterocycles. The number of halogens is 1. The number of carbonyl (C=O) groups excluding carboxylic acids is 1. The molecule has 8 heteroatoms. The van der Waals surface area contributed by atoms with Gasteiger partial charge in [0.1, 0.15) is 23.4 Å². The van der Waals surface area contributed by atoms with E-state index in [0.29, 0.717) is 43.5 Å². The Bertz CT molecular complexity index is 1520. The quantitative estimate of drug-likeness (QED) is 0.175. The van der Waals surface area contributed by atoms with Gasteiger partial charge in [-0.05, 0) is 107 Å². The highest BCUT2D eigenvalue weighted by molar-refractivity contribution is 6.32. The van der Waals surface area contributed by atoms with Gasteiger partial charge in [0.25, 0.3) is 0 Å². The first kappa shape index (κ1) is 34.1. The van der Waals surface area contributed by atoms with Gasteiger partial charge in [0.15, 0.2) is 0 Å². The summed E-state index contributed by atoms with van der Waals surface area (Å²) in [6.45, 7) is 14.4. The Hall–Kier alpha value is -3.26. The summed E-state index contributed by atoms with van der Waals surface area (Å²) in [5.74, 6) is 2.45. The highest BCUT2D eigenvalue weighted by Crippen LogP contribution is 2.44. The minimum absolute atomic E-state index is 0.101. The Balaban J connectivity index is 1.28. The molecule has 0 radical (unpaired) electrons. The fourth-order valence-electron chi connectivity index (χ4n) is 6.33. The SMILES string of the molecule is CCOc1cc(O[C@H]2CCc3c(-c4cccc(OCCCN(C)C(C)(C)C)c4C)cccc32)c(Cl)cc1CNC[C@@H]1CCC(=O)N1. The molecule has 3 aromatic carbocycles. The molecule has 1 heterocycles. The van der Waals surface area contributed by atoms with Gasteiger partial charge in [0.2, 0.25) is 5.91 Å². The van der Waals surface area contributed by atoms with Gasteiger partial charge >= 0.3 is 0 Å². The Morgan fingerprint density at radius 2 is 1.78 bits per heavy atom. The van der Waals surface area contributed by atoms with Crippen LogP contribution in [0.5, 0.6) is 17.2 Å². The van der Waals surface area contributed by atoms with Gasteiger partial charge in [-0.2, -0.15) is 0 Å². The van der Waals surface area contributed by atoms with E-state index >= 15 is 0 Å². The fraction of sp³-hybridized carbons (Fsp3) is 0.500. The molecule has 7 nitrogen and oxygen atoms in total. The lowest BCUT2D eigenvalue weighted by atomic mass is 9.93. The summed E-state index contributed by atoms with van der Waals surface area (Å²) in [5, 5.41) is 7.01. The van der Waals surface area contributed by atoms with E-state index in [0.717, 1.165) is 54.9 Å². The minimum Gasteiger partial charge on any atom is -0.493 e. The van der Waals surface area contributed by atoms with Crippen LogP contribution >= 0.6 is 11.6 Å². The van der Waals surface area contributed by atoms with Crippen LogP contribution in [0.4, 0.5) is 0 Å². The molecule has 248 valence electrons. The molecular weight excluding hydrogens is 598 g/mol. The Kier molecular flexibility index (Phi) is 11.2. The second kappa shape index (κ2) is 15.1. The predicted octanol–water partition coefficient (Wildman–Crippen LogP) is 7.65. The normalized spacial score (nSPS) is 17.7. The number of fused-ring (bicyclic) bond motifs is 1. The molecule has 1 saturated heterocycles. The number of carbonyl (C=O) groups is 1. The van der Waals surface area contributed by atoms with Crippen molar-refractivity contribution in [3.8, 4) is 28.4 Å². The summed E-state index contributed by atoms with van der Waals surface area (Å²) < 4.78 is 18.9. The standard InChI is InChI=1S/C38H50ClN3O4/c1-7-44-35-22-36(32(39)21-26(35)23-40-24-27-15-18-37(43)41-27)46-34-17-16-30-29(12-8-13-31(30)34)28-11-9-14-33(25(28)2)45-20-10-19-42(6)38(3,4)5/h8-9,11-14,21-22,27,34,40H,7,10,15-20,23-24H2,1-6H3,(H,41,43)/t27-,34-/m0/s1. The van der Waals surface area contributed by atoms with E-state index in [9.17, 15) is 4.79 Å². The van der Waals surface area contributed by atoms with Crippen LogP contribution < -0.4 is 24.8 Å². The zero-order valence-electron chi connectivity index (χ0n) is 28.3. The molecule has 0 bridgehead atoms. The molecule has 3 aromatic rings. The Morgan fingerprint density at radius 1 is 1.00 bits per heavy atom. The summed E-state index contributed by atoms with van der Waals surface area (Å²) in [6, 6.07) is 16.9. The van der Waals surface area contributed by atoms with Crippen LogP contribution in [-0.4, -0.2) is 55.7 Å². The molecule has 1 amide bonds. The first-order chi connectivity index (χ1) is 22.0. The molecule has 1 aliphatic carbocycles. The van der Waals surface area contributed by atoms with Gasteiger partial charge < -0.3 is 29.7 Å². The molecule has 2 atom stereocenters. The maximum absolute atomic E-state index is 11.5. The summed E-state index contributed by atoms with van der Waals surface area (Å²) in [7, 11) is 2.17. The first-order valence-electron chi connectivity index (χ1n) is 16.7. The molecule has 0 saturated carbocycles. The van der Waals surface area contributed by atoms with Crippen molar-refractivity contribution in [2.45, 2.75) is 91.0 Å². The third-order valence-corrected chi connectivity index (χ3v) is 9.60. The monoisotopic (exact) mass is 647 g/mol. The van der Waals surface area contributed by atoms with E-state index in [4.69, 9.17) is 25.8 Å². The average Bonchev–Trinajstić information content (AvgIpc) is 3.63. The van der Waals surface area contributed by atoms with Crippen LogP contribution in [-0.2, 0) is 17.8 Å². The van der Waals surface area contributed by atoms with E-state index in [1.165, 1.54) is 22.3 Å². The van der Waals surface area contributed by atoms with E-state index < -0.39 is 0 Å². The third kappa shape index (κ3) is 8.17. The zero-order valence-corrected chi connectivity index (χ0v) is 29.1. The van der Waals surface area contributed by atoms with Gasteiger partial charge in [0, 0.05) is 49.3 Å². The van der Waals surface area contributed by atoms with E-state index in [2.05, 4.69) is 86.7 Å². The van der Waals surface area contributed by atoms with Crippen LogP contribution in [0.1, 0.15) is 81.7 Å². The van der Waals surface area contributed by atoms with Gasteiger partial charge in [-0.15, -0.1) is 0 Å². The average molecular weight is 648 g/mol. The first-order valence-corrected chi connectivity index (χ1v) is 17.1. The number of nitrogens with zero attached hydrogens (tertiary/aromatic N) is 1. The minimum atomic E-state index is -0.101. The van der Waals surface area contributed by atoms with Crippen LogP contribution in [0.2, 0.25) is 5.02 Å². The van der Waals surface area contributed by atoms with Crippen molar-refractivity contribution in [1.82, 2.24) is 15.5 Å². The molecular formula is C38H50ClN3O4. The molecule has 5 rings (SSSR count). The predicted molar refractivity (Wildman–Crippen MR) is 186 cm³/mol. The zero-order chi connectivity index (χ0) is 32.8. The van der Waals surface area contributed by atoms with Crippen molar-refractivity contribution in [3.63, 3.8) is 0 Å². The summed E-state index contributed by atoms with van der Waals surface area (Å²) in [4.78, 5) is 13.9. The van der Waals surface area contributed by atoms with Crippen molar-refractivity contribution in [2.24, 2.45) is 0 Å². The maximum Gasteiger partial charge on any atom is 0.220 e. The van der Waals surface area contributed by atoms with E-state index in [-0.39, 0.29) is 23.6 Å². The molecule has 2 aliphatic rings. The lowest BCUT2D eigenvalue weighted by Gasteiger charge is -2.31. The smallest absolute Gasteiger partial charge is 0.220 e.